The summed E-state index contributed by atoms with van der Waals surface area (Å²) in [6, 6.07) is 12.0. The predicted octanol–water partition coefficient (Wildman–Crippen LogP) is 1.57. The number of hydrogen-bond donors (Lipinski definition) is 1. The minimum atomic E-state index is -0.130. The molecule has 1 aromatic carbocycles. The Bertz CT molecular complexity index is 202. The van der Waals surface area contributed by atoms with Gasteiger partial charge in [-0.15, -0.1) is 0 Å². The van der Waals surface area contributed by atoms with Gasteiger partial charge in [-0.1, -0.05) is 36.4 Å². The van der Waals surface area contributed by atoms with Crippen molar-refractivity contribution in [2.45, 2.75) is 12.8 Å². The number of benzene rings is 1. The van der Waals surface area contributed by atoms with Crippen molar-refractivity contribution in [1.82, 2.24) is 0 Å². The van der Waals surface area contributed by atoms with Gasteiger partial charge in [0.1, 0.15) is 0 Å². The lowest BCUT2D eigenvalue weighted by atomic mass is 10.4. The Morgan fingerprint density at radius 1 is 1.00 bits per heavy atom. The maximum absolute atomic E-state index is 9.98. The van der Waals surface area contributed by atoms with E-state index in [0.29, 0.717) is 0 Å². The minimum Gasteiger partial charge on any atom is -0.369 e. The first-order valence-corrected chi connectivity index (χ1v) is 4.10. The van der Waals surface area contributed by atoms with E-state index in [0.717, 1.165) is 12.8 Å². The SMILES string of the molecule is NC(=O)C1CC1.c1ccccc1. The summed E-state index contributed by atoms with van der Waals surface area (Å²) >= 11 is 0. The van der Waals surface area contributed by atoms with Crippen LogP contribution in [0.5, 0.6) is 0 Å². The van der Waals surface area contributed by atoms with Gasteiger partial charge in [-0.05, 0) is 12.8 Å². The molecule has 0 aromatic heterocycles. The van der Waals surface area contributed by atoms with Crippen molar-refractivity contribution in [2.75, 3.05) is 0 Å². The Kier molecular flexibility index (Phi) is 3.33. The Balaban J connectivity index is 0.000000120. The van der Waals surface area contributed by atoms with E-state index in [1.165, 1.54) is 0 Å². The zero-order valence-corrected chi connectivity index (χ0v) is 6.94. The molecule has 12 heavy (non-hydrogen) atoms. The van der Waals surface area contributed by atoms with Crippen molar-refractivity contribution < 1.29 is 4.79 Å². The fourth-order valence-electron chi connectivity index (χ4n) is 0.753. The number of carbonyl (C=O) groups is 1. The standard InChI is InChI=1S/C6H6.C4H7NO/c1-2-4-6-5-3-1;5-4(6)3-1-2-3/h1-6H;3H,1-2H2,(H2,5,6). The van der Waals surface area contributed by atoms with Gasteiger partial charge < -0.3 is 5.73 Å². The van der Waals surface area contributed by atoms with Gasteiger partial charge in [0.05, 0.1) is 0 Å². The number of rotatable bonds is 1. The molecular formula is C10H13NO. The van der Waals surface area contributed by atoms with E-state index < -0.39 is 0 Å². The van der Waals surface area contributed by atoms with Crippen molar-refractivity contribution in [3.05, 3.63) is 36.4 Å². The van der Waals surface area contributed by atoms with Crippen molar-refractivity contribution in [3.8, 4) is 0 Å². The molecule has 0 radical (unpaired) electrons. The number of hydrogen-bond acceptors (Lipinski definition) is 1. The van der Waals surface area contributed by atoms with Crippen molar-refractivity contribution in [3.63, 3.8) is 0 Å². The first-order valence-electron chi connectivity index (χ1n) is 4.10. The molecule has 1 aliphatic rings. The molecule has 0 unspecified atom stereocenters. The minimum absolute atomic E-state index is 0.130. The average Bonchev–Trinajstić information content (AvgIpc) is 2.90. The molecular weight excluding hydrogens is 150 g/mol. The predicted molar refractivity (Wildman–Crippen MR) is 48.4 cm³/mol. The maximum Gasteiger partial charge on any atom is 0.220 e. The fraction of sp³-hybridized carbons (Fsp3) is 0.300. The lowest BCUT2D eigenvalue weighted by Gasteiger charge is -1.77. The molecule has 1 aliphatic carbocycles. The lowest BCUT2D eigenvalue weighted by Crippen LogP contribution is -2.11. The van der Waals surface area contributed by atoms with Crippen LogP contribution in [-0.4, -0.2) is 5.91 Å². The second-order valence-corrected chi connectivity index (χ2v) is 2.83. The van der Waals surface area contributed by atoms with Gasteiger partial charge >= 0.3 is 0 Å². The highest BCUT2D eigenvalue weighted by Crippen LogP contribution is 2.27. The van der Waals surface area contributed by atoms with E-state index in [9.17, 15) is 4.79 Å². The number of primary amides is 1. The normalized spacial score (nSPS) is 14.3. The second-order valence-electron chi connectivity index (χ2n) is 2.83. The summed E-state index contributed by atoms with van der Waals surface area (Å²) < 4.78 is 0. The Morgan fingerprint density at radius 2 is 1.33 bits per heavy atom. The lowest BCUT2D eigenvalue weighted by molar-refractivity contribution is -0.119. The van der Waals surface area contributed by atoms with Gasteiger partial charge in [-0.2, -0.15) is 0 Å². The summed E-state index contributed by atoms with van der Waals surface area (Å²) in [6.07, 6.45) is 2.05. The molecule has 0 spiro atoms. The molecule has 0 atom stereocenters. The molecule has 1 amide bonds. The van der Waals surface area contributed by atoms with Crippen molar-refractivity contribution >= 4 is 5.91 Å². The summed E-state index contributed by atoms with van der Waals surface area (Å²) in [5, 5.41) is 0. The van der Waals surface area contributed by atoms with Crippen LogP contribution < -0.4 is 5.73 Å². The van der Waals surface area contributed by atoms with Gasteiger partial charge in [0, 0.05) is 5.92 Å². The van der Waals surface area contributed by atoms with Gasteiger partial charge in [-0.3, -0.25) is 4.79 Å². The van der Waals surface area contributed by atoms with Crippen LogP contribution in [0, 0.1) is 5.92 Å². The Morgan fingerprint density at radius 3 is 1.42 bits per heavy atom. The highest BCUT2D eigenvalue weighted by Gasteiger charge is 2.26. The van der Waals surface area contributed by atoms with Gasteiger partial charge in [0.15, 0.2) is 0 Å². The Hall–Kier alpha value is -1.31. The fourth-order valence-corrected chi connectivity index (χ4v) is 0.753. The smallest absolute Gasteiger partial charge is 0.220 e. The van der Waals surface area contributed by atoms with Crippen LogP contribution in [0.1, 0.15) is 12.8 Å². The van der Waals surface area contributed by atoms with Crippen molar-refractivity contribution in [2.24, 2.45) is 11.7 Å². The molecule has 0 heterocycles. The van der Waals surface area contributed by atoms with Crippen LogP contribution >= 0.6 is 0 Å². The van der Waals surface area contributed by atoms with Crippen LogP contribution in [0.4, 0.5) is 0 Å². The third-order valence-electron chi connectivity index (χ3n) is 1.65. The van der Waals surface area contributed by atoms with Gasteiger partial charge in [0.2, 0.25) is 5.91 Å². The molecule has 1 fully saturated rings. The summed E-state index contributed by atoms with van der Waals surface area (Å²) in [6.45, 7) is 0. The summed E-state index contributed by atoms with van der Waals surface area (Å²) in [5.41, 5.74) is 4.86. The van der Waals surface area contributed by atoms with E-state index in [-0.39, 0.29) is 11.8 Å². The van der Waals surface area contributed by atoms with E-state index >= 15 is 0 Å². The molecule has 1 aromatic rings. The summed E-state index contributed by atoms with van der Waals surface area (Å²) in [5.74, 6) is 0.111. The number of carbonyl (C=O) groups excluding carboxylic acids is 1. The second kappa shape index (κ2) is 4.54. The van der Waals surface area contributed by atoms with Crippen LogP contribution in [-0.2, 0) is 4.79 Å². The number of amides is 1. The van der Waals surface area contributed by atoms with Crippen LogP contribution in [0.3, 0.4) is 0 Å². The summed E-state index contributed by atoms with van der Waals surface area (Å²) in [4.78, 5) is 9.98. The van der Waals surface area contributed by atoms with Gasteiger partial charge in [0.25, 0.3) is 0 Å². The van der Waals surface area contributed by atoms with Crippen LogP contribution in [0.25, 0.3) is 0 Å². The molecule has 0 bridgehead atoms. The molecule has 1 saturated carbocycles. The molecule has 2 heteroatoms. The van der Waals surface area contributed by atoms with Crippen LogP contribution in [0.15, 0.2) is 36.4 Å². The third-order valence-corrected chi connectivity index (χ3v) is 1.65. The molecule has 2 rings (SSSR count). The maximum atomic E-state index is 9.98. The molecule has 0 saturated heterocycles. The van der Waals surface area contributed by atoms with E-state index in [2.05, 4.69) is 0 Å². The largest absolute Gasteiger partial charge is 0.369 e. The zero-order chi connectivity index (χ0) is 8.81. The first-order chi connectivity index (χ1) is 5.80. The molecule has 64 valence electrons. The van der Waals surface area contributed by atoms with E-state index in [1.807, 2.05) is 36.4 Å². The molecule has 2 N–H and O–H groups in total. The first kappa shape index (κ1) is 8.78. The Labute approximate surface area is 72.4 Å². The highest BCUT2D eigenvalue weighted by molar-refractivity contribution is 5.78. The highest BCUT2D eigenvalue weighted by atomic mass is 16.1. The molecule has 0 aliphatic heterocycles. The van der Waals surface area contributed by atoms with E-state index in [4.69, 9.17) is 5.73 Å². The molecule has 2 nitrogen and oxygen atoms in total. The monoisotopic (exact) mass is 163 g/mol. The van der Waals surface area contributed by atoms with Gasteiger partial charge in [-0.25, -0.2) is 0 Å². The quantitative estimate of drug-likeness (QED) is 0.671. The zero-order valence-electron chi connectivity index (χ0n) is 6.94. The number of nitrogens with two attached hydrogens (primary N) is 1. The van der Waals surface area contributed by atoms with E-state index in [1.54, 1.807) is 0 Å². The topological polar surface area (TPSA) is 43.1 Å². The third kappa shape index (κ3) is 3.76. The van der Waals surface area contributed by atoms with Crippen molar-refractivity contribution in [1.29, 1.82) is 0 Å². The average molecular weight is 163 g/mol. The van der Waals surface area contributed by atoms with Crippen LogP contribution in [0.2, 0.25) is 0 Å². The summed E-state index contributed by atoms with van der Waals surface area (Å²) in [7, 11) is 0.